The number of carbonyl (C=O) groups is 3. The summed E-state index contributed by atoms with van der Waals surface area (Å²) in [6.45, 7) is 2.74. The summed E-state index contributed by atoms with van der Waals surface area (Å²) in [6, 6.07) is 16.8. The lowest BCUT2D eigenvalue weighted by atomic mass is 9.63. The van der Waals surface area contributed by atoms with E-state index >= 15 is 0 Å². The van der Waals surface area contributed by atoms with Crippen LogP contribution in [0.2, 0.25) is 0 Å². The normalized spacial score (nSPS) is 19.7. The number of para-hydroxylation sites is 1. The number of carbonyl (C=O) groups excluding carboxylic acids is 2. The van der Waals surface area contributed by atoms with Crippen molar-refractivity contribution >= 4 is 17.8 Å². The molecule has 0 spiro atoms. The van der Waals surface area contributed by atoms with E-state index in [4.69, 9.17) is 9.94 Å². The van der Waals surface area contributed by atoms with Gasteiger partial charge >= 0.3 is 5.97 Å². The van der Waals surface area contributed by atoms with Gasteiger partial charge in [-0.15, -0.1) is 0 Å². The molecule has 0 bridgehead atoms. The highest BCUT2D eigenvalue weighted by Gasteiger charge is 2.53. The summed E-state index contributed by atoms with van der Waals surface area (Å²) in [7, 11) is 0. The van der Waals surface area contributed by atoms with Gasteiger partial charge in [0.2, 0.25) is 11.8 Å². The first-order valence-corrected chi connectivity index (χ1v) is 10.2. The third kappa shape index (κ3) is 5.21. The number of nitrogens with zero attached hydrogens (tertiary/aromatic N) is 1. The Morgan fingerprint density at radius 3 is 2.26 bits per heavy atom. The van der Waals surface area contributed by atoms with E-state index in [1.807, 2.05) is 61.5 Å². The molecule has 8 nitrogen and oxygen atoms in total. The van der Waals surface area contributed by atoms with Gasteiger partial charge in [-0.2, -0.15) is 0 Å². The second-order valence-corrected chi connectivity index (χ2v) is 7.61. The Hall–Kier alpha value is -3.39. The maximum atomic E-state index is 13.0. The van der Waals surface area contributed by atoms with Gasteiger partial charge in [-0.1, -0.05) is 37.3 Å². The minimum Gasteiger partial charge on any atom is -0.481 e. The lowest BCUT2D eigenvalue weighted by Crippen LogP contribution is -2.55. The van der Waals surface area contributed by atoms with E-state index in [0.29, 0.717) is 25.3 Å². The molecule has 0 saturated heterocycles. The number of hydrogen-bond acceptors (Lipinski definition) is 5. The number of rotatable bonds is 9. The lowest BCUT2D eigenvalue weighted by Gasteiger charge is -2.41. The largest absolute Gasteiger partial charge is 0.481 e. The van der Waals surface area contributed by atoms with Crippen molar-refractivity contribution in [3.05, 3.63) is 60.2 Å². The first-order chi connectivity index (χ1) is 14.9. The highest BCUT2D eigenvalue weighted by atomic mass is 16.5. The fourth-order valence-corrected chi connectivity index (χ4v) is 3.88. The number of carboxylic acid groups (broad SMARTS) is 1. The smallest absolute Gasteiger partial charge is 0.308 e. The molecule has 1 aliphatic carbocycles. The summed E-state index contributed by atoms with van der Waals surface area (Å²) >= 11 is 0. The van der Waals surface area contributed by atoms with Crippen molar-refractivity contribution < 1.29 is 29.4 Å². The molecule has 3 unspecified atom stereocenters. The molecule has 164 valence electrons. The van der Waals surface area contributed by atoms with Crippen LogP contribution in [0.15, 0.2) is 54.6 Å². The molecule has 0 radical (unpaired) electrons. The number of hydroxylamine groups is 1. The summed E-state index contributed by atoms with van der Waals surface area (Å²) in [6.07, 6.45) is 0.818. The number of nitrogens with one attached hydrogen (secondary N) is 1. The van der Waals surface area contributed by atoms with Gasteiger partial charge < -0.3 is 14.7 Å². The predicted molar refractivity (Wildman–Crippen MR) is 111 cm³/mol. The minimum atomic E-state index is -1.21. The van der Waals surface area contributed by atoms with Crippen LogP contribution in [-0.2, 0) is 20.9 Å². The molecule has 1 saturated carbocycles. The predicted octanol–water partition coefficient (Wildman–Crippen LogP) is 3.06. The van der Waals surface area contributed by atoms with Crippen LogP contribution in [0, 0.1) is 17.8 Å². The zero-order valence-corrected chi connectivity index (χ0v) is 17.2. The van der Waals surface area contributed by atoms with Gasteiger partial charge in [0.1, 0.15) is 11.5 Å². The fourth-order valence-electron chi connectivity index (χ4n) is 3.88. The molecular weight excluding hydrogens is 400 g/mol. The van der Waals surface area contributed by atoms with Crippen LogP contribution < -0.4 is 10.2 Å². The van der Waals surface area contributed by atoms with Gasteiger partial charge in [-0.3, -0.25) is 19.6 Å². The van der Waals surface area contributed by atoms with Crippen molar-refractivity contribution in [2.24, 2.45) is 17.8 Å². The topological polar surface area (TPSA) is 116 Å². The van der Waals surface area contributed by atoms with E-state index in [1.165, 1.54) is 5.48 Å². The second-order valence-electron chi connectivity index (χ2n) is 7.61. The molecular formula is C23H26N2O6. The summed E-state index contributed by atoms with van der Waals surface area (Å²) in [5, 5.41) is 18.3. The van der Waals surface area contributed by atoms with Crippen LogP contribution in [-0.4, -0.2) is 39.5 Å². The number of carboxylic acids is 1. The van der Waals surface area contributed by atoms with Crippen LogP contribution in [0.1, 0.15) is 25.3 Å². The monoisotopic (exact) mass is 426 g/mol. The van der Waals surface area contributed by atoms with Gasteiger partial charge in [-0.05, 0) is 42.7 Å². The van der Waals surface area contributed by atoms with Crippen molar-refractivity contribution in [2.75, 3.05) is 6.54 Å². The first-order valence-electron chi connectivity index (χ1n) is 10.2. The first kappa shape index (κ1) is 22.3. The average Bonchev–Trinajstić information content (AvgIpc) is 2.74. The molecule has 3 rings (SSSR count). The van der Waals surface area contributed by atoms with Crippen molar-refractivity contribution in [3.8, 4) is 11.5 Å². The Morgan fingerprint density at radius 1 is 1.03 bits per heavy atom. The summed E-state index contributed by atoms with van der Waals surface area (Å²) < 4.78 is 5.78. The summed E-state index contributed by atoms with van der Waals surface area (Å²) in [5.41, 5.74) is 2.38. The van der Waals surface area contributed by atoms with E-state index in [0.717, 1.165) is 11.3 Å². The van der Waals surface area contributed by atoms with E-state index in [-0.39, 0.29) is 12.3 Å². The molecule has 2 aromatic rings. The van der Waals surface area contributed by atoms with Gasteiger partial charge in [0, 0.05) is 13.1 Å². The second kappa shape index (κ2) is 10.1. The van der Waals surface area contributed by atoms with Crippen molar-refractivity contribution in [2.45, 2.75) is 26.3 Å². The van der Waals surface area contributed by atoms with Gasteiger partial charge in [-0.25, -0.2) is 5.48 Å². The van der Waals surface area contributed by atoms with Crippen molar-refractivity contribution in [1.29, 1.82) is 0 Å². The van der Waals surface area contributed by atoms with Crippen LogP contribution in [0.5, 0.6) is 11.5 Å². The van der Waals surface area contributed by atoms with Crippen LogP contribution >= 0.6 is 0 Å². The molecule has 2 aromatic carbocycles. The highest BCUT2D eigenvalue weighted by Crippen LogP contribution is 2.42. The van der Waals surface area contributed by atoms with E-state index < -0.39 is 29.6 Å². The number of benzene rings is 2. The number of hydrogen-bond donors (Lipinski definition) is 3. The molecule has 3 atom stereocenters. The highest BCUT2D eigenvalue weighted by molar-refractivity contribution is 5.93. The zero-order chi connectivity index (χ0) is 22.4. The maximum absolute atomic E-state index is 13.0. The SMILES string of the molecule is CCCN(Cc1ccc(Oc2ccccc2)cc1)C(=O)C1CC(C(=O)NO)C1C(=O)O. The number of aliphatic carboxylic acids is 1. The van der Waals surface area contributed by atoms with Crippen molar-refractivity contribution in [1.82, 2.24) is 10.4 Å². The third-order valence-corrected chi connectivity index (χ3v) is 5.51. The maximum Gasteiger partial charge on any atom is 0.308 e. The summed E-state index contributed by atoms with van der Waals surface area (Å²) in [4.78, 5) is 37.9. The Kier molecular flexibility index (Phi) is 7.25. The average molecular weight is 426 g/mol. The summed E-state index contributed by atoms with van der Waals surface area (Å²) in [5.74, 6) is -3.71. The fraction of sp³-hybridized carbons (Fsp3) is 0.348. The Bertz CT molecular complexity index is 915. The molecule has 1 aliphatic rings. The quantitative estimate of drug-likeness (QED) is 0.419. The van der Waals surface area contributed by atoms with Gasteiger partial charge in [0.05, 0.1) is 17.8 Å². The standard InChI is InChI=1S/C23H26N2O6/c1-2-12-25(22(27)19-13-18(21(26)24-30)20(19)23(28)29)14-15-8-10-17(11-9-15)31-16-6-4-3-5-7-16/h3-11,18-20,30H,2,12-14H2,1H3,(H,24,26)(H,28,29). The van der Waals surface area contributed by atoms with Gasteiger partial charge in [0.15, 0.2) is 0 Å². The van der Waals surface area contributed by atoms with Crippen LogP contribution in [0.3, 0.4) is 0 Å². The van der Waals surface area contributed by atoms with Gasteiger partial charge in [0.25, 0.3) is 0 Å². The Labute approximate surface area is 180 Å². The molecule has 3 N–H and O–H groups in total. The Morgan fingerprint density at radius 2 is 1.68 bits per heavy atom. The number of ether oxygens (including phenoxy) is 1. The molecule has 31 heavy (non-hydrogen) atoms. The van der Waals surface area contributed by atoms with E-state index in [1.54, 1.807) is 4.90 Å². The molecule has 1 fully saturated rings. The Balaban J connectivity index is 1.67. The molecule has 2 amide bonds. The van der Waals surface area contributed by atoms with E-state index in [9.17, 15) is 19.5 Å². The van der Waals surface area contributed by atoms with Crippen LogP contribution in [0.4, 0.5) is 0 Å². The third-order valence-electron chi connectivity index (χ3n) is 5.51. The molecule has 0 heterocycles. The molecule has 0 aromatic heterocycles. The lowest BCUT2D eigenvalue weighted by molar-refractivity contribution is -0.168. The zero-order valence-electron chi connectivity index (χ0n) is 17.2. The molecule has 8 heteroatoms. The minimum absolute atomic E-state index is 0.103. The van der Waals surface area contributed by atoms with Crippen molar-refractivity contribution in [3.63, 3.8) is 0 Å². The molecule has 0 aliphatic heterocycles. The van der Waals surface area contributed by atoms with E-state index in [2.05, 4.69) is 0 Å². The number of amides is 2. The van der Waals surface area contributed by atoms with Crippen LogP contribution in [0.25, 0.3) is 0 Å².